The highest BCUT2D eigenvalue weighted by molar-refractivity contribution is 9.10. The SMILES string of the molecule is O=C1Nc2ccc(Br)cc2C1=Nc1ccc(S(=O)(=O)N2CCOCC2)cc1. The molecule has 0 aromatic heterocycles. The van der Waals surface area contributed by atoms with Crippen molar-refractivity contribution in [3.63, 3.8) is 0 Å². The third-order valence-corrected chi connectivity index (χ3v) is 6.79. The molecule has 0 bridgehead atoms. The third kappa shape index (κ3) is 3.55. The number of sulfonamides is 1. The van der Waals surface area contributed by atoms with Crippen molar-refractivity contribution in [2.24, 2.45) is 4.99 Å². The molecule has 1 N–H and O–H groups in total. The fraction of sp³-hybridized carbons (Fsp3) is 0.222. The predicted molar refractivity (Wildman–Crippen MR) is 105 cm³/mol. The molecule has 2 heterocycles. The average molecular weight is 450 g/mol. The van der Waals surface area contributed by atoms with Crippen LogP contribution in [0.25, 0.3) is 0 Å². The van der Waals surface area contributed by atoms with Gasteiger partial charge in [-0.15, -0.1) is 0 Å². The molecular weight excluding hydrogens is 434 g/mol. The fourth-order valence-corrected chi connectivity index (χ4v) is 4.76. The van der Waals surface area contributed by atoms with E-state index in [1.807, 2.05) is 12.1 Å². The number of benzene rings is 2. The molecule has 27 heavy (non-hydrogen) atoms. The number of anilines is 1. The minimum atomic E-state index is -3.55. The van der Waals surface area contributed by atoms with E-state index in [9.17, 15) is 13.2 Å². The van der Waals surface area contributed by atoms with Gasteiger partial charge in [0, 0.05) is 23.1 Å². The number of halogens is 1. The first-order valence-corrected chi connectivity index (χ1v) is 10.6. The van der Waals surface area contributed by atoms with Crippen molar-refractivity contribution in [1.29, 1.82) is 0 Å². The van der Waals surface area contributed by atoms with E-state index in [1.54, 1.807) is 18.2 Å². The van der Waals surface area contributed by atoms with E-state index in [0.29, 0.717) is 49.0 Å². The van der Waals surface area contributed by atoms with E-state index in [4.69, 9.17) is 4.74 Å². The Bertz CT molecular complexity index is 1030. The molecule has 1 saturated heterocycles. The summed E-state index contributed by atoms with van der Waals surface area (Å²) in [6.45, 7) is 1.49. The minimum Gasteiger partial charge on any atom is -0.379 e. The molecule has 0 atom stereocenters. The maximum atomic E-state index is 12.7. The minimum absolute atomic E-state index is 0.201. The highest BCUT2D eigenvalue weighted by atomic mass is 79.9. The number of morpholine rings is 1. The van der Waals surface area contributed by atoms with E-state index in [0.717, 1.165) is 4.47 Å². The van der Waals surface area contributed by atoms with E-state index >= 15 is 0 Å². The number of aliphatic imine (C=N–C) groups is 1. The van der Waals surface area contributed by atoms with Crippen LogP contribution in [-0.2, 0) is 19.6 Å². The molecule has 2 aliphatic rings. The Kier molecular flexibility index (Phi) is 4.85. The summed E-state index contributed by atoms with van der Waals surface area (Å²) < 4.78 is 32.8. The molecule has 4 rings (SSSR count). The topological polar surface area (TPSA) is 88.1 Å². The van der Waals surface area contributed by atoms with Crippen LogP contribution in [0, 0.1) is 0 Å². The zero-order valence-electron chi connectivity index (χ0n) is 14.2. The van der Waals surface area contributed by atoms with Crippen LogP contribution in [0.15, 0.2) is 56.8 Å². The molecule has 0 spiro atoms. The van der Waals surface area contributed by atoms with Crippen LogP contribution < -0.4 is 5.32 Å². The molecule has 1 amide bonds. The molecule has 0 saturated carbocycles. The second kappa shape index (κ2) is 7.16. The summed E-state index contributed by atoms with van der Waals surface area (Å²) in [5.74, 6) is -0.284. The van der Waals surface area contributed by atoms with Crippen LogP contribution in [0.3, 0.4) is 0 Å². The summed E-state index contributed by atoms with van der Waals surface area (Å²) in [5.41, 5.74) is 2.22. The standard InChI is InChI=1S/C18H16BrN3O4S/c19-12-1-6-16-15(11-12)17(18(23)21-16)20-13-2-4-14(5-3-13)27(24,25)22-7-9-26-10-8-22/h1-6,11H,7-10H2,(H,20,21,23). The van der Waals surface area contributed by atoms with Gasteiger partial charge in [-0.05, 0) is 42.5 Å². The van der Waals surface area contributed by atoms with Gasteiger partial charge in [0.15, 0.2) is 0 Å². The lowest BCUT2D eigenvalue weighted by Gasteiger charge is -2.26. The van der Waals surface area contributed by atoms with Crippen LogP contribution >= 0.6 is 15.9 Å². The summed E-state index contributed by atoms with van der Waals surface area (Å²) in [6.07, 6.45) is 0. The number of hydrogen-bond donors (Lipinski definition) is 1. The lowest BCUT2D eigenvalue weighted by Crippen LogP contribution is -2.40. The fourth-order valence-electron chi connectivity index (χ4n) is 2.99. The molecule has 140 valence electrons. The van der Waals surface area contributed by atoms with Crippen LogP contribution in [0.5, 0.6) is 0 Å². The summed E-state index contributed by atoms with van der Waals surface area (Å²) in [4.78, 5) is 16.8. The first-order chi connectivity index (χ1) is 12.9. The van der Waals surface area contributed by atoms with E-state index in [1.165, 1.54) is 16.4 Å². The van der Waals surface area contributed by atoms with Crippen LogP contribution in [0.4, 0.5) is 11.4 Å². The number of nitrogens with one attached hydrogen (secondary N) is 1. The van der Waals surface area contributed by atoms with Gasteiger partial charge >= 0.3 is 0 Å². The van der Waals surface area contributed by atoms with Crippen molar-refractivity contribution >= 4 is 48.9 Å². The summed E-state index contributed by atoms with van der Waals surface area (Å²) >= 11 is 3.39. The first-order valence-electron chi connectivity index (χ1n) is 8.33. The Morgan fingerprint density at radius 2 is 1.78 bits per heavy atom. The number of carbonyl (C=O) groups is 1. The zero-order valence-corrected chi connectivity index (χ0v) is 16.6. The van der Waals surface area contributed by atoms with Crippen molar-refractivity contribution in [3.8, 4) is 0 Å². The Hall–Kier alpha value is -2.07. The second-order valence-electron chi connectivity index (χ2n) is 6.11. The number of fused-ring (bicyclic) bond motifs is 1. The maximum Gasteiger partial charge on any atom is 0.275 e. The number of carbonyl (C=O) groups excluding carboxylic acids is 1. The smallest absolute Gasteiger partial charge is 0.275 e. The molecule has 2 aromatic rings. The Morgan fingerprint density at radius 3 is 2.48 bits per heavy atom. The van der Waals surface area contributed by atoms with Gasteiger partial charge in [0.2, 0.25) is 10.0 Å². The molecule has 0 radical (unpaired) electrons. The van der Waals surface area contributed by atoms with Gasteiger partial charge in [0.05, 0.1) is 29.5 Å². The van der Waals surface area contributed by atoms with Crippen molar-refractivity contribution in [2.45, 2.75) is 4.90 Å². The van der Waals surface area contributed by atoms with Crippen LogP contribution in [0.1, 0.15) is 5.56 Å². The highest BCUT2D eigenvalue weighted by Crippen LogP contribution is 2.29. The lowest BCUT2D eigenvalue weighted by molar-refractivity contribution is -0.110. The highest BCUT2D eigenvalue weighted by Gasteiger charge is 2.27. The predicted octanol–water partition coefficient (Wildman–Crippen LogP) is 2.54. The quantitative estimate of drug-likeness (QED) is 0.779. The largest absolute Gasteiger partial charge is 0.379 e. The van der Waals surface area contributed by atoms with Crippen LogP contribution in [0.2, 0.25) is 0 Å². The molecule has 9 heteroatoms. The van der Waals surface area contributed by atoms with Gasteiger partial charge in [-0.2, -0.15) is 4.31 Å². The molecule has 0 unspecified atom stereocenters. The molecular formula is C18H16BrN3O4S. The molecule has 2 aromatic carbocycles. The monoisotopic (exact) mass is 449 g/mol. The number of hydrogen-bond acceptors (Lipinski definition) is 5. The zero-order chi connectivity index (χ0) is 19.0. The van der Waals surface area contributed by atoms with E-state index < -0.39 is 10.0 Å². The normalized spacial score (nSPS) is 19.1. The summed E-state index contributed by atoms with van der Waals surface area (Å²) in [6, 6.07) is 11.7. The number of nitrogens with zero attached hydrogens (tertiary/aromatic N) is 2. The number of ether oxygens (including phenoxy) is 1. The average Bonchev–Trinajstić information content (AvgIpc) is 2.98. The lowest BCUT2D eigenvalue weighted by atomic mass is 10.1. The van der Waals surface area contributed by atoms with E-state index in [-0.39, 0.29) is 10.8 Å². The van der Waals surface area contributed by atoms with Crippen molar-refractivity contribution in [3.05, 3.63) is 52.5 Å². The van der Waals surface area contributed by atoms with Gasteiger partial charge in [-0.25, -0.2) is 13.4 Å². The van der Waals surface area contributed by atoms with Gasteiger partial charge in [0.25, 0.3) is 5.91 Å². The van der Waals surface area contributed by atoms with Crippen molar-refractivity contribution < 1.29 is 17.9 Å². The van der Waals surface area contributed by atoms with Crippen molar-refractivity contribution in [2.75, 3.05) is 31.6 Å². The van der Waals surface area contributed by atoms with Gasteiger partial charge < -0.3 is 10.1 Å². The summed E-state index contributed by atoms with van der Waals surface area (Å²) in [7, 11) is -3.55. The molecule has 0 aliphatic carbocycles. The third-order valence-electron chi connectivity index (χ3n) is 4.39. The molecule has 7 nitrogen and oxygen atoms in total. The number of amides is 1. The Morgan fingerprint density at radius 1 is 1.07 bits per heavy atom. The molecule has 2 aliphatic heterocycles. The Balaban J connectivity index is 1.63. The van der Waals surface area contributed by atoms with E-state index in [2.05, 4.69) is 26.2 Å². The van der Waals surface area contributed by atoms with Gasteiger partial charge in [-0.1, -0.05) is 15.9 Å². The summed E-state index contributed by atoms with van der Waals surface area (Å²) in [5, 5.41) is 2.77. The van der Waals surface area contributed by atoms with Gasteiger partial charge in [-0.3, -0.25) is 4.79 Å². The first kappa shape index (κ1) is 18.3. The maximum absolute atomic E-state index is 12.7. The number of rotatable bonds is 3. The van der Waals surface area contributed by atoms with Gasteiger partial charge in [0.1, 0.15) is 5.71 Å². The second-order valence-corrected chi connectivity index (χ2v) is 8.97. The van der Waals surface area contributed by atoms with Crippen LogP contribution in [-0.4, -0.2) is 50.6 Å². The molecule has 1 fully saturated rings. The Labute approximate surface area is 165 Å². The van der Waals surface area contributed by atoms with Crippen molar-refractivity contribution in [1.82, 2.24) is 4.31 Å².